The van der Waals surface area contributed by atoms with Crippen molar-refractivity contribution in [1.82, 2.24) is 20.3 Å². The Balaban J connectivity index is 1.60. The van der Waals surface area contributed by atoms with Crippen molar-refractivity contribution in [2.24, 2.45) is 0 Å². The SMILES string of the molecule is CC(C)Oc1ncccc1CNC(=O)c1cc(OCc2ccccc2)ncn1. The summed E-state index contributed by atoms with van der Waals surface area (Å²) in [5, 5.41) is 2.83. The van der Waals surface area contributed by atoms with Gasteiger partial charge in [-0.05, 0) is 25.5 Å². The van der Waals surface area contributed by atoms with E-state index in [1.807, 2.05) is 50.2 Å². The molecule has 7 heteroatoms. The van der Waals surface area contributed by atoms with Crippen molar-refractivity contribution < 1.29 is 14.3 Å². The Kier molecular flexibility index (Phi) is 6.51. The first-order chi connectivity index (χ1) is 13.6. The fraction of sp³-hybridized carbons (Fsp3) is 0.238. The van der Waals surface area contributed by atoms with Crippen LogP contribution in [0.25, 0.3) is 0 Å². The normalized spacial score (nSPS) is 10.5. The smallest absolute Gasteiger partial charge is 0.270 e. The van der Waals surface area contributed by atoms with E-state index in [0.717, 1.165) is 11.1 Å². The number of carbonyl (C=O) groups excluding carboxylic acids is 1. The monoisotopic (exact) mass is 378 g/mol. The summed E-state index contributed by atoms with van der Waals surface area (Å²) in [7, 11) is 0. The third-order valence-corrected chi connectivity index (χ3v) is 3.74. The van der Waals surface area contributed by atoms with Crippen LogP contribution in [-0.4, -0.2) is 27.0 Å². The number of carbonyl (C=O) groups is 1. The largest absolute Gasteiger partial charge is 0.475 e. The number of pyridine rings is 1. The Morgan fingerprint density at radius 3 is 2.68 bits per heavy atom. The molecule has 0 unspecified atom stereocenters. The molecule has 0 bridgehead atoms. The molecular formula is C21H22N4O3. The average Bonchev–Trinajstić information content (AvgIpc) is 2.72. The van der Waals surface area contributed by atoms with E-state index < -0.39 is 0 Å². The molecule has 3 rings (SSSR count). The van der Waals surface area contributed by atoms with E-state index in [2.05, 4.69) is 20.3 Å². The van der Waals surface area contributed by atoms with Crippen molar-refractivity contribution >= 4 is 5.91 Å². The van der Waals surface area contributed by atoms with E-state index >= 15 is 0 Å². The second-order valence-electron chi connectivity index (χ2n) is 6.33. The quantitative estimate of drug-likeness (QED) is 0.648. The van der Waals surface area contributed by atoms with Gasteiger partial charge in [0.15, 0.2) is 0 Å². The molecular weight excluding hydrogens is 356 g/mol. The minimum Gasteiger partial charge on any atom is -0.475 e. The van der Waals surface area contributed by atoms with Gasteiger partial charge in [0.05, 0.1) is 6.10 Å². The van der Waals surface area contributed by atoms with Gasteiger partial charge < -0.3 is 14.8 Å². The van der Waals surface area contributed by atoms with Crippen LogP contribution in [0.2, 0.25) is 0 Å². The van der Waals surface area contributed by atoms with Crippen molar-refractivity contribution in [2.45, 2.75) is 33.1 Å². The van der Waals surface area contributed by atoms with Gasteiger partial charge in [0.1, 0.15) is 18.6 Å². The lowest BCUT2D eigenvalue weighted by Crippen LogP contribution is -2.24. The van der Waals surface area contributed by atoms with Gasteiger partial charge >= 0.3 is 0 Å². The summed E-state index contributed by atoms with van der Waals surface area (Å²) in [5.41, 5.74) is 2.04. The summed E-state index contributed by atoms with van der Waals surface area (Å²) in [6.45, 7) is 4.49. The number of hydrogen-bond acceptors (Lipinski definition) is 6. The maximum atomic E-state index is 12.5. The van der Waals surface area contributed by atoms with Gasteiger partial charge in [-0.25, -0.2) is 15.0 Å². The van der Waals surface area contributed by atoms with Crippen LogP contribution in [-0.2, 0) is 13.2 Å². The van der Waals surface area contributed by atoms with Crippen LogP contribution < -0.4 is 14.8 Å². The average molecular weight is 378 g/mol. The predicted molar refractivity (Wildman–Crippen MR) is 104 cm³/mol. The molecule has 144 valence electrons. The number of rotatable bonds is 8. The third kappa shape index (κ3) is 5.51. The topological polar surface area (TPSA) is 86.2 Å². The predicted octanol–water partition coefficient (Wildman–Crippen LogP) is 3.17. The first kappa shape index (κ1) is 19.3. The Morgan fingerprint density at radius 2 is 1.89 bits per heavy atom. The molecule has 1 aromatic carbocycles. The Bertz CT molecular complexity index is 916. The van der Waals surface area contributed by atoms with Crippen LogP contribution in [0.15, 0.2) is 61.1 Å². The van der Waals surface area contributed by atoms with E-state index in [-0.39, 0.29) is 24.2 Å². The summed E-state index contributed by atoms with van der Waals surface area (Å²) >= 11 is 0. The van der Waals surface area contributed by atoms with Crippen LogP contribution in [0.3, 0.4) is 0 Å². The zero-order valence-corrected chi connectivity index (χ0v) is 15.8. The number of ether oxygens (including phenoxy) is 2. The molecule has 0 atom stereocenters. The molecule has 3 aromatic rings. The fourth-order valence-electron chi connectivity index (χ4n) is 2.43. The van der Waals surface area contributed by atoms with E-state index in [0.29, 0.717) is 18.4 Å². The van der Waals surface area contributed by atoms with Crippen molar-refractivity contribution in [1.29, 1.82) is 0 Å². The van der Waals surface area contributed by atoms with Crippen LogP contribution >= 0.6 is 0 Å². The van der Waals surface area contributed by atoms with E-state index in [4.69, 9.17) is 9.47 Å². The zero-order valence-electron chi connectivity index (χ0n) is 15.8. The standard InChI is InChI=1S/C21H22N4O3/c1-15(2)28-21-17(9-6-10-22-21)12-23-20(26)18-11-19(25-14-24-18)27-13-16-7-4-3-5-8-16/h3-11,14-15H,12-13H2,1-2H3,(H,23,26). The van der Waals surface area contributed by atoms with Gasteiger partial charge in [0.2, 0.25) is 11.8 Å². The lowest BCUT2D eigenvalue weighted by molar-refractivity contribution is 0.0944. The number of aromatic nitrogens is 3. The van der Waals surface area contributed by atoms with Crippen LogP contribution in [0.5, 0.6) is 11.8 Å². The molecule has 0 fully saturated rings. The van der Waals surface area contributed by atoms with Gasteiger partial charge in [-0.15, -0.1) is 0 Å². The van der Waals surface area contributed by atoms with Crippen molar-refractivity contribution in [2.75, 3.05) is 0 Å². The van der Waals surface area contributed by atoms with Gasteiger partial charge in [0.25, 0.3) is 5.91 Å². The molecule has 0 spiro atoms. The summed E-state index contributed by atoms with van der Waals surface area (Å²) in [5.74, 6) is 0.521. The molecule has 28 heavy (non-hydrogen) atoms. The highest BCUT2D eigenvalue weighted by Crippen LogP contribution is 2.16. The third-order valence-electron chi connectivity index (χ3n) is 3.74. The van der Waals surface area contributed by atoms with Gasteiger partial charge in [-0.3, -0.25) is 4.79 Å². The fourth-order valence-corrected chi connectivity index (χ4v) is 2.43. The Morgan fingerprint density at radius 1 is 1.07 bits per heavy atom. The number of nitrogens with one attached hydrogen (secondary N) is 1. The van der Waals surface area contributed by atoms with Crippen LogP contribution in [0.4, 0.5) is 0 Å². The van der Waals surface area contributed by atoms with E-state index in [1.165, 1.54) is 12.4 Å². The van der Waals surface area contributed by atoms with Crippen LogP contribution in [0.1, 0.15) is 35.5 Å². The van der Waals surface area contributed by atoms with E-state index in [9.17, 15) is 4.79 Å². The highest BCUT2D eigenvalue weighted by atomic mass is 16.5. The van der Waals surface area contributed by atoms with Crippen molar-refractivity contribution in [3.05, 3.63) is 77.9 Å². The van der Waals surface area contributed by atoms with E-state index in [1.54, 1.807) is 12.3 Å². The second kappa shape index (κ2) is 9.45. The summed E-state index contributed by atoms with van der Waals surface area (Å²) in [6, 6.07) is 14.9. The van der Waals surface area contributed by atoms with Crippen molar-refractivity contribution in [3.8, 4) is 11.8 Å². The molecule has 0 radical (unpaired) electrons. The highest BCUT2D eigenvalue weighted by Gasteiger charge is 2.12. The second-order valence-corrected chi connectivity index (χ2v) is 6.33. The van der Waals surface area contributed by atoms with Crippen LogP contribution in [0, 0.1) is 0 Å². The molecule has 2 aromatic heterocycles. The number of amides is 1. The Hall–Kier alpha value is -3.48. The van der Waals surface area contributed by atoms with Crippen molar-refractivity contribution in [3.63, 3.8) is 0 Å². The molecule has 0 saturated heterocycles. The molecule has 0 aliphatic rings. The number of nitrogens with zero attached hydrogens (tertiary/aromatic N) is 3. The lowest BCUT2D eigenvalue weighted by Gasteiger charge is -2.13. The molecule has 0 aliphatic carbocycles. The number of hydrogen-bond donors (Lipinski definition) is 1. The maximum absolute atomic E-state index is 12.5. The first-order valence-corrected chi connectivity index (χ1v) is 8.99. The maximum Gasteiger partial charge on any atom is 0.270 e. The molecule has 0 aliphatic heterocycles. The summed E-state index contributed by atoms with van der Waals surface area (Å²) < 4.78 is 11.3. The summed E-state index contributed by atoms with van der Waals surface area (Å²) in [6.07, 6.45) is 2.96. The molecule has 1 N–H and O–H groups in total. The van der Waals surface area contributed by atoms with Gasteiger partial charge in [0, 0.05) is 24.4 Å². The molecule has 0 saturated carbocycles. The minimum atomic E-state index is -0.327. The summed E-state index contributed by atoms with van der Waals surface area (Å²) in [4.78, 5) is 24.8. The number of benzene rings is 1. The molecule has 7 nitrogen and oxygen atoms in total. The minimum absolute atomic E-state index is 0.00413. The first-order valence-electron chi connectivity index (χ1n) is 8.99. The Labute approximate surface area is 163 Å². The zero-order chi connectivity index (χ0) is 19.8. The lowest BCUT2D eigenvalue weighted by atomic mass is 10.2. The van der Waals surface area contributed by atoms with Gasteiger partial charge in [-0.2, -0.15) is 0 Å². The van der Waals surface area contributed by atoms with Gasteiger partial charge in [-0.1, -0.05) is 36.4 Å². The highest BCUT2D eigenvalue weighted by molar-refractivity contribution is 5.92. The molecule has 1 amide bonds. The molecule has 2 heterocycles.